The Balaban J connectivity index is 2.13. The minimum absolute atomic E-state index is 0.254. The standard InChI is InChI=1S/C17H15BrClNO2/c1-2-22-16-9-8-13(18)11-12(16)7-10-17(21)20-15-6-4-3-5-14(15)19/h3-11H,2H2,1H3,(H,20,21)/b10-7+. The summed E-state index contributed by atoms with van der Waals surface area (Å²) in [5.74, 6) is 0.475. The molecule has 2 aromatic carbocycles. The molecule has 1 amide bonds. The topological polar surface area (TPSA) is 38.3 Å². The summed E-state index contributed by atoms with van der Waals surface area (Å²) in [6.07, 6.45) is 3.16. The lowest BCUT2D eigenvalue weighted by atomic mass is 10.2. The van der Waals surface area contributed by atoms with Crippen molar-refractivity contribution in [2.24, 2.45) is 0 Å². The molecule has 0 aliphatic carbocycles. The number of rotatable bonds is 5. The molecule has 0 bridgehead atoms. The van der Waals surface area contributed by atoms with Crippen molar-refractivity contribution in [3.8, 4) is 5.75 Å². The van der Waals surface area contributed by atoms with Crippen molar-refractivity contribution in [1.82, 2.24) is 0 Å². The molecule has 0 saturated heterocycles. The van der Waals surface area contributed by atoms with E-state index in [1.165, 1.54) is 6.08 Å². The molecule has 0 fully saturated rings. The fourth-order valence-corrected chi connectivity index (χ4v) is 2.40. The molecule has 0 saturated carbocycles. The number of anilines is 1. The number of carbonyl (C=O) groups is 1. The number of hydrogen-bond acceptors (Lipinski definition) is 2. The van der Waals surface area contributed by atoms with Gasteiger partial charge in [-0.1, -0.05) is 39.7 Å². The number of nitrogens with one attached hydrogen (secondary N) is 1. The molecule has 0 heterocycles. The molecule has 1 N–H and O–H groups in total. The molecule has 0 atom stereocenters. The first-order chi connectivity index (χ1) is 10.6. The van der Waals surface area contributed by atoms with Gasteiger partial charge in [0.15, 0.2) is 0 Å². The molecule has 22 heavy (non-hydrogen) atoms. The van der Waals surface area contributed by atoms with Crippen molar-refractivity contribution < 1.29 is 9.53 Å². The van der Waals surface area contributed by atoms with Crippen LogP contribution in [0.15, 0.2) is 53.0 Å². The lowest BCUT2D eigenvalue weighted by Gasteiger charge is -2.08. The van der Waals surface area contributed by atoms with Gasteiger partial charge in [0.05, 0.1) is 17.3 Å². The Morgan fingerprint density at radius 3 is 2.82 bits per heavy atom. The van der Waals surface area contributed by atoms with Crippen LogP contribution in [0.1, 0.15) is 12.5 Å². The highest BCUT2D eigenvalue weighted by atomic mass is 79.9. The van der Waals surface area contributed by atoms with Crippen LogP contribution in [0, 0.1) is 0 Å². The van der Waals surface area contributed by atoms with Crippen molar-refractivity contribution in [3.63, 3.8) is 0 Å². The quantitative estimate of drug-likeness (QED) is 0.728. The SMILES string of the molecule is CCOc1ccc(Br)cc1/C=C/C(=O)Nc1ccccc1Cl. The van der Waals surface area contributed by atoms with E-state index in [2.05, 4.69) is 21.2 Å². The molecule has 2 aromatic rings. The molecule has 0 spiro atoms. The van der Waals surface area contributed by atoms with E-state index >= 15 is 0 Å². The van der Waals surface area contributed by atoms with Gasteiger partial charge in [-0.25, -0.2) is 0 Å². The number of hydrogen-bond donors (Lipinski definition) is 1. The smallest absolute Gasteiger partial charge is 0.248 e. The number of carbonyl (C=O) groups excluding carboxylic acids is 1. The summed E-state index contributed by atoms with van der Waals surface area (Å²) in [6.45, 7) is 2.48. The van der Waals surface area contributed by atoms with E-state index in [0.29, 0.717) is 17.3 Å². The Bertz CT molecular complexity index is 701. The third-order valence-electron chi connectivity index (χ3n) is 2.82. The molecule has 114 valence electrons. The Hall–Kier alpha value is -1.78. The lowest BCUT2D eigenvalue weighted by Crippen LogP contribution is -2.08. The number of ether oxygens (including phenoxy) is 1. The second kappa shape index (κ2) is 8.01. The van der Waals surface area contributed by atoms with Crippen molar-refractivity contribution in [2.75, 3.05) is 11.9 Å². The van der Waals surface area contributed by atoms with E-state index in [0.717, 1.165) is 15.8 Å². The van der Waals surface area contributed by atoms with Crippen molar-refractivity contribution in [1.29, 1.82) is 0 Å². The summed E-state index contributed by atoms with van der Waals surface area (Å²) in [4.78, 5) is 12.0. The zero-order valence-electron chi connectivity index (χ0n) is 12.0. The van der Waals surface area contributed by atoms with E-state index in [-0.39, 0.29) is 5.91 Å². The highest BCUT2D eigenvalue weighted by Crippen LogP contribution is 2.25. The van der Waals surface area contributed by atoms with Gasteiger partial charge in [-0.15, -0.1) is 0 Å². The van der Waals surface area contributed by atoms with E-state index in [1.54, 1.807) is 18.2 Å². The minimum atomic E-state index is -0.254. The average molecular weight is 381 g/mol. The fraction of sp³-hybridized carbons (Fsp3) is 0.118. The normalized spacial score (nSPS) is 10.7. The monoisotopic (exact) mass is 379 g/mol. The molecule has 3 nitrogen and oxygen atoms in total. The zero-order valence-corrected chi connectivity index (χ0v) is 14.3. The van der Waals surface area contributed by atoms with Gasteiger partial charge in [-0.05, 0) is 43.3 Å². The molecule has 0 radical (unpaired) electrons. The maximum Gasteiger partial charge on any atom is 0.248 e. The molecule has 0 aliphatic rings. The number of halogens is 2. The first-order valence-corrected chi connectivity index (χ1v) is 7.93. The zero-order chi connectivity index (χ0) is 15.9. The fourth-order valence-electron chi connectivity index (χ4n) is 1.84. The first-order valence-electron chi connectivity index (χ1n) is 6.76. The highest BCUT2D eigenvalue weighted by Gasteiger charge is 2.04. The summed E-state index contributed by atoms with van der Waals surface area (Å²) in [5, 5.41) is 3.24. The van der Waals surface area contributed by atoms with Gasteiger partial charge in [0.1, 0.15) is 5.75 Å². The maximum absolute atomic E-state index is 12.0. The summed E-state index contributed by atoms with van der Waals surface area (Å²) < 4.78 is 6.46. The van der Waals surface area contributed by atoms with Gasteiger partial charge in [-0.2, -0.15) is 0 Å². The summed E-state index contributed by atoms with van der Waals surface area (Å²) in [6, 6.07) is 12.7. The van der Waals surface area contributed by atoms with Crippen LogP contribution < -0.4 is 10.1 Å². The van der Waals surface area contributed by atoms with Crippen LogP contribution in [0.3, 0.4) is 0 Å². The van der Waals surface area contributed by atoms with Gasteiger partial charge in [0, 0.05) is 16.1 Å². The van der Waals surface area contributed by atoms with Crippen LogP contribution in [0.5, 0.6) is 5.75 Å². The molecular weight excluding hydrogens is 366 g/mol. The van der Waals surface area contributed by atoms with Gasteiger partial charge >= 0.3 is 0 Å². The molecule has 0 unspecified atom stereocenters. The van der Waals surface area contributed by atoms with Crippen LogP contribution in [-0.2, 0) is 4.79 Å². The van der Waals surface area contributed by atoms with Crippen molar-refractivity contribution >= 4 is 45.2 Å². The number of para-hydroxylation sites is 1. The highest BCUT2D eigenvalue weighted by molar-refractivity contribution is 9.10. The minimum Gasteiger partial charge on any atom is -0.493 e. The summed E-state index contributed by atoms with van der Waals surface area (Å²) >= 11 is 9.42. The molecule has 2 rings (SSSR count). The van der Waals surface area contributed by atoms with Crippen LogP contribution in [0.2, 0.25) is 5.02 Å². The van der Waals surface area contributed by atoms with E-state index < -0.39 is 0 Å². The predicted octanol–water partition coefficient (Wildman–Crippen LogP) is 5.15. The van der Waals surface area contributed by atoms with Gasteiger partial charge in [0.25, 0.3) is 0 Å². The average Bonchev–Trinajstić information content (AvgIpc) is 2.50. The Kier molecular flexibility index (Phi) is 6.04. The molecule has 0 aliphatic heterocycles. The third kappa shape index (κ3) is 4.61. The first kappa shape index (κ1) is 16.6. The van der Waals surface area contributed by atoms with Gasteiger partial charge in [-0.3, -0.25) is 4.79 Å². The molecule has 0 aromatic heterocycles. The predicted molar refractivity (Wildman–Crippen MR) is 94.4 cm³/mol. The third-order valence-corrected chi connectivity index (χ3v) is 3.64. The Morgan fingerprint density at radius 2 is 2.09 bits per heavy atom. The van der Waals surface area contributed by atoms with E-state index in [9.17, 15) is 4.79 Å². The molecular formula is C17H15BrClNO2. The van der Waals surface area contributed by atoms with Crippen molar-refractivity contribution in [2.45, 2.75) is 6.92 Å². The summed E-state index contributed by atoms with van der Waals surface area (Å²) in [5.41, 5.74) is 1.41. The largest absolute Gasteiger partial charge is 0.493 e. The van der Waals surface area contributed by atoms with E-state index in [4.69, 9.17) is 16.3 Å². The maximum atomic E-state index is 12.0. The second-order valence-corrected chi connectivity index (χ2v) is 5.74. The number of amides is 1. The second-order valence-electron chi connectivity index (χ2n) is 4.42. The molecule has 5 heteroatoms. The number of benzene rings is 2. The van der Waals surface area contributed by atoms with Crippen molar-refractivity contribution in [3.05, 3.63) is 63.6 Å². The van der Waals surface area contributed by atoms with Gasteiger partial charge in [0.2, 0.25) is 5.91 Å². The van der Waals surface area contributed by atoms with Crippen LogP contribution in [0.25, 0.3) is 6.08 Å². The Labute approximate surface area is 143 Å². The van der Waals surface area contributed by atoms with Gasteiger partial charge < -0.3 is 10.1 Å². The Morgan fingerprint density at radius 1 is 1.32 bits per heavy atom. The van der Waals surface area contributed by atoms with Crippen LogP contribution in [-0.4, -0.2) is 12.5 Å². The summed E-state index contributed by atoms with van der Waals surface area (Å²) in [7, 11) is 0. The lowest BCUT2D eigenvalue weighted by molar-refractivity contribution is -0.111. The van der Waals surface area contributed by atoms with Crippen LogP contribution in [0.4, 0.5) is 5.69 Å². The van der Waals surface area contributed by atoms with E-state index in [1.807, 2.05) is 37.3 Å². The van der Waals surface area contributed by atoms with Crippen LogP contribution >= 0.6 is 27.5 Å².